The highest BCUT2D eigenvalue weighted by molar-refractivity contribution is 5.65. The van der Waals surface area contributed by atoms with E-state index in [4.69, 9.17) is 0 Å². The van der Waals surface area contributed by atoms with Crippen molar-refractivity contribution in [1.82, 2.24) is 4.98 Å². The number of nitrogens with one attached hydrogen (secondary N) is 1. The van der Waals surface area contributed by atoms with Crippen molar-refractivity contribution >= 4 is 5.82 Å². The van der Waals surface area contributed by atoms with Crippen LogP contribution >= 0.6 is 0 Å². The number of halogens is 3. The molecule has 0 atom stereocenters. The first kappa shape index (κ1) is 13.4. The van der Waals surface area contributed by atoms with Crippen molar-refractivity contribution in [3.05, 3.63) is 47.5 Å². The average molecular weight is 266 g/mol. The van der Waals surface area contributed by atoms with Crippen molar-refractivity contribution in [3.8, 4) is 11.3 Å². The molecule has 2 rings (SSSR count). The van der Waals surface area contributed by atoms with E-state index >= 15 is 0 Å². The van der Waals surface area contributed by atoms with E-state index in [-0.39, 0.29) is 0 Å². The Bertz CT molecular complexity index is 591. The molecule has 0 spiro atoms. The first-order valence-corrected chi connectivity index (χ1v) is 5.75. The Balaban J connectivity index is 2.46. The molecule has 0 bridgehead atoms. The minimum Gasteiger partial charge on any atom is -0.373 e. The number of nitrogens with zero attached hydrogens (tertiary/aromatic N) is 1. The van der Waals surface area contributed by atoms with Gasteiger partial charge in [-0.2, -0.15) is 13.2 Å². The first-order chi connectivity index (χ1) is 8.91. The summed E-state index contributed by atoms with van der Waals surface area (Å²) >= 11 is 0. The molecular formula is C14H13F3N2. The summed E-state index contributed by atoms with van der Waals surface area (Å²) in [7, 11) is 1.74. The lowest BCUT2D eigenvalue weighted by atomic mass is 10.0. The van der Waals surface area contributed by atoms with Crippen LogP contribution in [0.2, 0.25) is 0 Å². The van der Waals surface area contributed by atoms with Gasteiger partial charge in [-0.15, -0.1) is 0 Å². The van der Waals surface area contributed by atoms with E-state index in [1.54, 1.807) is 26.1 Å². The summed E-state index contributed by atoms with van der Waals surface area (Å²) in [6.45, 7) is 1.65. The van der Waals surface area contributed by atoms with Gasteiger partial charge in [0.05, 0.1) is 11.3 Å². The topological polar surface area (TPSA) is 24.9 Å². The lowest BCUT2D eigenvalue weighted by Gasteiger charge is -2.11. The number of alkyl halides is 3. The molecule has 0 amide bonds. The molecule has 1 aromatic carbocycles. The third kappa shape index (κ3) is 2.86. The summed E-state index contributed by atoms with van der Waals surface area (Å²) in [6, 6.07) is 9.06. The van der Waals surface area contributed by atoms with Crippen molar-refractivity contribution in [1.29, 1.82) is 0 Å². The third-order valence-corrected chi connectivity index (χ3v) is 2.83. The molecule has 1 N–H and O–H groups in total. The molecular weight excluding hydrogens is 253 g/mol. The van der Waals surface area contributed by atoms with E-state index < -0.39 is 11.7 Å². The number of aryl methyl sites for hydroxylation is 1. The highest BCUT2D eigenvalue weighted by Gasteiger charge is 2.30. The largest absolute Gasteiger partial charge is 0.416 e. The van der Waals surface area contributed by atoms with E-state index in [0.29, 0.717) is 22.6 Å². The fraction of sp³-hybridized carbons (Fsp3) is 0.214. The molecule has 1 heterocycles. The van der Waals surface area contributed by atoms with Crippen LogP contribution in [0.25, 0.3) is 11.3 Å². The van der Waals surface area contributed by atoms with Crippen LogP contribution in [-0.4, -0.2) is 12.0 Å². The van der Waals surface area contributed by atoms with E-state index in [1.807, 2.05) is 6.07 Å². The van der Waals surface area contributed by atoms with Crippen LogP contribution in [-0.2, 0) is 6.18 Å². The number of aromatic nitrogens is 1. The van der Waals surface area contributed by atoms with Gasteiger partial charge < -0.3 is 5.32 Å². The molecule has 19 heavy (non-hydrogen) atoms. The Morgan fingerprint density at radius 3 is 2.42 bits per heavy atom. The second-order valence-corrected chi connectivity index (χ2v) is 4.19. The third-order valence-electron chi connectivity index (χ3n) is 2.83. The number of rotatable bonds is 2. The number of hydrogen-bond acceptors (Lipinski definition) is 2. The van der Waals surface area contributed by atoms with E-state index in [2.05, 4.69) is 10.3 Å². The maximum Gasteiger partial charge on any atom is 0.416 e. The molecule has 0 saturated carbocycles. The van der Waals surface area contributed by atoms with Crippen LogP contribution in [0.15, 0.2) is 36.4 Å². The van der Waals surface area contributed by atoms with Crippen LogP contribution in [0, 0.1) is 6.92 Å². The molecule has 0 saturated heterocycles. The Morgan fingerprint density at radius 2 is 1.84 bits per heavy atom. The fourth-order valence-electron chi connectivity index (χ4n) is 1.85. The molecule has 0 unspecified atom stereocenters. The zero-order chi connectivity index (χ0) is 14.0. The summed E-state index contributed by atoms with van der Waals surface area (Å²) in [5.41, 5.74) is 1.26. The molecule has 1 aromatic heterocycles. The summed E-state index contributed by atoms with van der Waals surface area (Å²) in [5, 5.41) is 2.90. The zero-order valence-corrected chi connectivity index (χ0v) is 10.5. The minimum absolute atomic E-state index is 0.551. The smallest absolute Gasteiger partial charge is 0.373 e. The van der Waals surface area contributed by atoms with E-state index in [9.17, 15) is 13.2 Å². The van der Waals surface area contributed by atoms with Gasteiger partial charge in [0.1, 0.15) is 5.82 Å². The van der Waals surface area contributed by atoms with Gasteiger partial charge in [-0.3, -0.25) is 0 Å². The van der Waals surface area contributed by atoms with Gasteiger partial charge in [0, 0.05) is 12.6 Å². The molecule has 5 heteroatoms. The fourth-order valence-corrected chi connectivity index (χ4v) is 1.85. The van der Waals surface area contributed by atoms with Crippen LogP contribution in [0.1, 0.15) is 11.1 Å². The van der Waals surface area contributed by atoms with Gasteiger partial charge in [-0.1, -0.05) is 12.1 Å². The molecule has 0 aliphatic carbocycles. The van der Waals surface area contributed by atoms with E-state index in [0.717, 1.165) is 12.1 Å². The van der Waals surface area contributed by atoms with Crippen LogP contribution in [0.5, 0.6) is 0 Å². The highest BCUT2D eigenvalue weighted by atomic mass is 19.4. The summed E-state index contributed by atoms with van der Waals surface area (Å²) < 4.78 is 37.8. The second-order valence-electron chi connectivity index (χ2n) is 4.19. The lowest BCUT2D eigenvalue weighted by molar-refractivity contribution is -0.137. The van der Waals surface area contributed by atoms with Crippen molar-refractivity contribution < 1.29 is 13.2 Å². The standard InChI is InChI=1S/C14H13F3N2/c1-9-8-10(14(15,16)17)6-7-11(9)12-4-3-5-13(18-2)19-12/h3-8H,1-2H3,(H,18,19). The van der Waals surface area contributed by atoms with Gasteiger partial charge in [0.15, 0.2) is 0 Å². The maximum atomic E-state index is 12.6. The van der Waals surface area contributed by atoms with Crippen LogP contribution < -0.4 is 5.32 Å². The number of hydrogen-bond donors (Lipinski definition) is 1. The van der Waals surface area contributed by atoms with Gasteiger partial charge in [-0.05, 0) is 36.8 Å². The molecule has 0 aliphatic heterocycles. The van der Waals surface area contributed by atoms with E-state index in [1.165, 1.54) is 6.07 Å². The summed E-state index contributed by atoms with van der Waals surface area (Å²) in [5.74, 6) is 0.678. The Hall–Kier alpha value is -2.04. The zero-order valence-electron chi connectivity index (χ0n) is 10.5. The van der Waals surface area contributed by atoms with Crippen molar-refractivity contribution in [2.45, 2.75) is 13.1 Å². The Morgan fingerprint density at radius 1 is 1.11 bits per heavy atom. The normalized spacial score (nSPS) is 11.4. The van der Waals surface area contributed by atoms with Crippen molar-refractivity contribution in [2.24, 2.45) is 0 Å². The van der Waals surface area contributed by atoms with Gasteiger partial charge in [0.25, 0.3) is 0 Å². The van der Waals surface area contributed by atoms with Crippen LogP contribution in [0.3, 0.4) is 0 Å². The number of pyridine rings is 1. The Kier molecular flexibility index (Phi) is 3.46. The van der Waals surface area contributed by atoms with Gasteiger partial charge >= 0.3 is 6.18 Å². The average Bonchev–Trinajstić information content (AvgIpc) is 2.37. The number of benzene rings is 1. The van der Waals surface area contributed by atoms with Crippen LogP contribution in [0.4, 0.5) is 19.0 Å². The first-order valence-electron chi connectivity index (χ1n) is 5.75. The second kappa shape index (κ2) is 4.91. The molecule has 100 valence electrons. The van der Waals surface area contributed by atoms with Crippen molar-refractivity contribution in [3.63, 3.8) is 0 Å². The molecule has 0 radical (unpaired) electrons. The maximum absolute atomic E-state index is 12.6. The monoisotopic (exact) mass is 266 g/mol. The van der Waals surface area contributed by atoms with Gasteiger partial charge in [-0.25, -0.2) is 4.98 Å². The molecule has 2 nitrogen and oxygen atoms in total. The number of anilines is 1. The Labute approximate surface area is 109 Å². The molecule has 2 aromatic rings. The predicted octanol–water partition coefficient (Wildman–Crippen LogP) is 4.12. The predicted molar refractivity (Wildman–Crippen MR) is 69.0 cm³/mol. The highest BCUT2D eigenvalue weighted by Crippen LogP contribution is 2.32. The SMILES string of the molecule is CNc1cccc(-c2ccc(C(F)(F)F)cc2C)n1. The molecule has 0 fully saturated rings. The lowest BCUT2D eigenvalue weighted by Crippen LogP contribution is -2.05. The molecule has 0 aliphatic rings. The minimum atomic E-state index is -4.32. The van der Waals surface area contributed by atoms with Gasteiger partial charge in [0.2, 0.25) is 0 Å². The quantitative estimate of drug-likeness (QED) is 0.884. The summed E-state index contributed by atoms with van der Waals surface area (Å²) in [4.78, 5) is 4.32. The summed E-state index contributed by atoms with van der Waals surface area (Å²) in [6.07, 6.45) is -4.32. The van der Waals surface area contributed by atoms with Crippen molar-refractivity contribution in [2.75, 3.05) is 12.4 Å².